The molecule has 2 rings (SSSR count). The fourth-order valence-corrected chi connectivity index (χ4v) is 2.04. The van der Waals surface area contributed by atoms with Crippen molar-refractivity contribution >= 4 is 11.6 Å². The van der Waals surface area contributed by atoms with Crippen molar-refractivity contribution in [2.45, 2.75) is 12.5 Å². The Labute approximate surface area is 119 Å². The minimum absolute atomic E-state index is 0.493. The predicted octanol–water partition coefficient (Wildman–Crippen LogP) is 3.21. The first-order valence-electron chi connectivity index (χ1n) is 6.44. The van der Waals surface area contributed by atoms with Gasteiger partial charge in [0.15, 0.2) is 0 Å². The van der Waals surface area contributed by atoms with Crippen LogP contribution in [-0.2, 0) is 6.42 Å². The Balaban J connectivity index is 1.72. The van der Waals surface area contributed by atoms with E-state index in [1.165, 1.54) is 5.56 Å². The van der Waals surface area contributed by atoms with Gasteiger partial charge in [0.2, 0.25) is 0 Å². The third kappa shape index (κ3) is 4.67. The van der Waals surface area contributed by atoms with Crippen LogP contribution in [0.15, 0.2) is 54.6 Å². The number of rotatable bonds is 6. The summed E-state index contributed by atoms with van der Waals surface area (Å²) in [5, 5.41) is 14.0. The molecule has 0 bridgehead atoms. The van der Waals surface area contributed by atoms with Gasteiger partial charge in [0, 0.05) is 11.6 Å². The second-order valence-corrected chi connectivity index (χ2v) is 4.94. The van der Waals surface area contributed by atoms with Gasteiger partial charge in [-0.1, -0.05) is 54.1 Å². The molecule has 19 heavy (non-hydrogen) atoms. The second-order valence-electron chi connectivity index (χ2n) is 4.51. The smallest absolute Gasteiger partial charge is 0.0914 e. The molecule has 0 aliphatic rings. The summed E-state index contributed by atoms with van der Waals surface area (Å²) >= 11 is 5.81. The maximum absolute atomic E-state index is 10.0. The van der Waals surface area contributed by atoms with Crippen molar-refractivity contribution in [3.63, 3.8) is 0 Å². The van der Waals surface area contributed by atoms with E-state index < -0.39 is 6.10 Å². The molecule has 0 aliphatic heterocycles. The van der Waals surface area contributed by atoms with Crippen LogP contribution in [0.4, 0.5) is 0 Å². The van der Waals surface area contributed by atoms with E-state index >= 15 is 0 Å². The molecule has 0 aromatic heterocycles. The molecule has 0 unspecified atom stereocenters. The molecule has 0 amide bonds. The molecule has 0 aliphatic carbocycles. The number of aliphatic hydroxyl groups excluding tert-OH is 1. The van der Waals surface area contributed by atoms with E-state index in [-0.39, 0.29) is 0 Å². The summed E-state index contributed by atoms with van der Waals surface area (Å²) in [6.07, 6.45) is 0.474. The molecule has 3 heteroatoms. The van der Waals surface area contributed by atoms with E-state index in [4.69, 9.17) is 11.6 Å². The van der Waals surface area contributed by atoms with Gasteiger partial charge in [-0.05, 0) is 36.2 Å². The standard InChI is InChI=1S/C16H18ClNO/c17-15-8-6-14(7-9-15)16(19)12-18-11-10-13-4-2-1-3-5-13/h1-9,16,18-19H,10-12H2/t16-/m1/s1. The molecular formula is C16H18ClNO. The molecule has 1 atom stereocenters. The van der Waals surface area contributed by atoms with Gasteiger partial charge in [0.05, 0.1) is 6.10 Å². The van der Waals surface area contributed by atoms with Crippen LogP contribution in [0.25, 0.3) is 0 Å². The number of hydrogen-bond acceptors (Lipinski definition) is 2. The van der Waals surface area contributed by atoms with E-state index in [1.54, 1.807) is 12.1 Å². The van der Waals surface area contributed by atoms with Crippen molar-refractivity contribution in [3.8, 4) is 0 Å². The molecule has 0 saturated carbocycles. The molecule has 0 radical (unpaired) electrons. The number of hydrogen-bond donors (Lipinski definition) is 2. The third-order valence-electron chi connectivity index (χ3n) is 3.03. The van der Waals surface area contributed by atoms with Crippen molar-refractivity contribution < 1.29 is 5.11 Å². The number of benzene rings is 2. The van der Waals surface area contributed by atoms with Crippen LogP contribution in [0.2, 0.25) is 5.02 Å². The zero-order valence-electron chi connectivity index (χ0n) is 10.7. The first-order valence-corrected chi connectivity index (χ1v) is 6.81. The quantitative estimate of drug-likeness (QED) is 0.794. The van der Waals surface area contributed by atoms with Gasteiger partial charge < -0.3 is 10.4 Å². The fourth-order valence-electron chi connectivity index (χ4n) is 1.92. The predicted molar refractivity (Wildman–Crippen MR) is 79.4 cm³/mol. The van der Waals surface area contributed by atoms with Gasteiger partial charge in [-0.15, -0.1) is 0 Å². The SMILES string of the molecule is O[C@H](CNCCc1ccccc1)c1ccc(Cl)cc1. The number of halogens is 1. The lowest BCUT2D eigenvalue weighted by Crippen LogP contribution is -2.23. The van der Waals surface area contributed by atoms with Crippen LogP contribution < -0.4 is 5.32 Å². The van der Waals surface area contributed by atoms with Crippen molar-refractivity contribution in [2.24, 2.45) is 0 Å². The van der Waals surface area contributed by atoms with Crippen molar-refractivity contribution in [3.05, 3.63) is 70.7 Å². The molecule has 2 N–H and O–H groups in total. The summed E-state index contributed by atoms with van der Waals surface area (Å²) in [4.78, 5) is 0. The zero-order chi connectivity index (χ0) is 13.5. The van der Waals surface area contributed by atoms with Gasteiger partial charge in [0.25, 0.3) is 0 Å². The first kappa shape index (κ1) is 14.1. The molecule has 2 aromatic rings. The summed E-state index contributed by atoms with van der Waals surface area (Å²) in [5.41, 5.74) is 2.19. The summed E-state index contributed by atoms with van der Waals surface area (Å²) in [5.74, 6) is 0. The highest BCUT2D eigenvalue weighted by Crippen LogP contribution is 2.15. The lowest BCUT2D eigenvalue weighted by molar-refractivity contribution is 0.175. The molecule has 0 saturated heterocycles. The lowest BCUT2D eigenvalue weighted by Gasteiger charge is -2.12. The summed E-state index contributed by atoms with van der Waals surface area (Å²) in [6.45, 7) is 1.41. The van der Waals surface area contributed by atoms with Crippen molar-refractivity contribution in [1.29, 1.82) is 0 Å². The minimum atomic E-state index is -0.493. The number of nitrogens with one attached hydrogen (secondary N) is 1. The average molecular weight is 276 g/mol. The normalized spacial score (nSPS) is 12.3. The van der Waals surface area contributed by atoms with Crippen LogP contribution in [0.3, 0.4) is 0 Å². The summed E-state index contributed by atoms with van der Waals surface area (Å²) in [7, 11) is 0. The van der Waals surface area contributed by atoms with E-state index in [0.29, 0.717) is 11.6 Å². The third-order valence-corrected chi connectivity index (χ3v) is 3.28. The highest BCUT2D eigenvalue weighted by molar-refractivity contribution is 6.30. The highest BCUT2D eigenvalue weighted by atomic mass is 35.5. The van der Waals surface area contributed by atoms with Crippen LogP contribution >= 0.6 is 11.6 Å². The topological polar surface area (TPSA) is 32.3 Å². The largest absolute Gasteiger partial charge is 0.387 e. The molecule has 2 aromatic carbocycles. The fraction of sp³-hybridized carbons (Fsp3) is 0.250. The van der Waals surface area contributed by atoms with Gasteiger partial charge >= 0.3 is 0 Å². The maximum atomic E-state index is 10.0. The van der Waals surface area contributed by atoms with Gasteiger partial charge in [0.1, 0.15) is 0 Å². The van der Waals surface area contributed by atoms with Crippen molar-refractivity contribution in [2.75, 3.05) is 13.1 Å². The maximum Gasteiger partial charge on any atom is 0.0914 e. The Bertz CT molecular complexity index is 484. The second kappa shape index (κ2) is 7.29. The minimum Gasteiger partial charge on any atom is -0.387 e. The van der Waals surface area contributed by atoms with E-state index in [9.17, 15) is 5.11 Å². The van der Waals surface area contributed by atoms with Gasteiger partial charge in [-0.2, -0.15) is 0 Å². The molecule has 0 fully saturated rings. The molecule has 2 nitrogen and oxygen atoms in total. The van der Waals surface area contributed by atoms with Gasteiger partial charge in [-0.3, -0.25) is 0 Å². The molecular weight excluding hydrogens is 258 g/mol. The molecule has 0 heterocycles. The zero-order valence-corrected chi connectivity index (χ0v) is 11.5. The Morgan fingerprint density at radius 3 is 2.37 bits per heavy atom. The van der Waals surface area contributed by atoms with Crippen LogP contribution in [0, 0.1) is 0 Å². The molecule has 0 spiro atoms. The lowest BCUT2D eigenvalue weighted by atomic mass is 10.1. The van der Waals surface area contributed by atoms with Crippen LogP contribution in [0.1, 0.15) is 17.2 Å². The summed E-state index contributed by atoms with van der Waals surface area (Å²) in [6, 6.07) is 17.6. The number of aliphatic hydroxyl groups is 1. The van der Waals surface area contributed by atoms with Crippen LogP contribution in [-0.4, -0.2) is 18.2 Å². The van der Waals surface area contributed by atoms with E-state index in [2.05, 4.69) is 17.4 Å². The Morgan fingerprint density at radius 1 is 1.00 bits per heavy atom. The monoisotopic (exact) mass is 275 g/mol. The van der Waals surface area contributed by atoms with E-state index in [1.807, 2.05) is 30.3 Å². The summed E-state index contributed by atoms with van der Waals surface area (Å²) < 4.78 is 0. The Hall–Kier alpha value is -1.35. The first-order chi connectivity index (χ1) is 9.25. The molecule has 100 valence electrons. The Kier molecular flexibility index (Phi) is 5.40. The van der Waals surface area contributed by atoms with Crippen LogP contribution in [0.5, 0.6) is 0 Å². The average Bonchev–Trinajstić information content (AvgIpc) is 2.45. The highest BCUT2D eigenvalue weighted by Gasteiger charge is 2.06. The van der Waals surface area contributed by atoms with Crippen molar-refractivity contribution in [1.82, 2.24) is 5.32 Å². The Morgan fingerprint density at radius 2 is 1.68 bits per heavy atom. The van der Waals surface area contributed by atoms with Gasteiger partial charge in [-0.25, -0.2) is 0 Å². The van der Waals surface area contributed by atoms with E-state index in [0.717, 1.165) is 18.5 Å².